The van der Waals surface area contributed by atoms with Crippen molar-refractivity contribution in [3.05, 3.63) is 44.3 Å². The van der Waals surface area contributed by atoms with E-state index in [1.54, 1.807) is 12.1 Å². The number of halogens is 1. The fourth-order valence-corrected chi connectivity index (χ4v) is 3.67. The summed E-state index contributed by atoms with van der Waals surface area (Å²) < 4.78 is 28.4. The summed E-state index contributed by atoms with van der Waals surface area (Å²) in [7, 11) is -2.17. The van der Waals surface area contributed by atoms with Gasteiger partial charge >= 0.3 is 0 Å². The number of nitrogens with one attached hydrogen (secondary N) is 1. The van der Waals surface area contributed by atoms with Crippen LogP contribution in [0.4, 0.5) is 0 Å². The maximum atomic E-state index is 12.1. The molecule has 1 aliphatic heterocycles. The smallest absolute Gasteiger partial charge is 0.255 e. The quantitative estimate of drug-likeness (QED) is 0.740. The van der Waals surface area contributed by atoms with Crippen LogP contribution in [0.5, 0.6) is 11.5 Å². The molecule has 0 saturated heterocycles. The maximum absolute atomic E-state index is 12.1. The van der Waals surface area contributed by atoms with Gasteiger partial charge in [-0.15, -0.1) is 0 Å². The number of aromatic hydroxyl groups is 1. The monoisotopic (exact) mass is 399 g/mol. The summed E-state index contributed by atoms with van der Waals surface area (Å²) in [6.45, 7) is 1.31. The van der Waals surface area contributed by atoms with Gasteiger partial charge in [-0.3, -0.25) is 14.7 Å². The van der Waals surface area contributed by atoms with Gasteiger partial charge in [0.2, 0.25) is 15.0 Å². The Morgan fingerprint density at radius 3 is 2.81 bits per heavy atom. The van der Waals surface area contributed by atoms with E-state index in [1.807, 2.05) is 4.90 Å². The molecule has 26 heavy (non-hydrogen) atoms. The molecule has 1 aromatic carbocycles. The summed E-state index contributed by atoms with van der Waals surface area (Å²) in [5, 5.41) is 9.90. The lowest BCUT2D eigenvalue weighted by Gasteiger charge is -2.28. The fourth-order valence-electron chi connectivity index (χ4n) is 2.90. The average Bonchev–Trinajstić information content (AvgIpc) is 2.58. The van der Waals surface area contributed by atoms with Gasteiger partial charge in [-0.2, -0.15) is 0 Å². The second-order valence-electron chi connectivity index (χ2n) is 6.12. The van der Waals surface area contributed by atoms with Gasteiger partial charge in [-0.1, -0.05) is 17.7 Å². The van der Waals surface area contributed by atoms with Crippen molar-refractivity contribution in [1.29, 1.82) is 0 Å². The molecular weight excluding hydrogens is 382 g/mol. The summed E-state index contributed by atoms with van der Waals surface area (Å²) in [4.78, 5) is 20.5. The molecule has 0 aliphatic carbocycles. The second-order valence-corrected chi connectivity index (χ2v) is 8.43. The van der Waals surface area contributed by atoms with Crippen molar-refractivity contribution in [3.63, 3.8) is 0 Å². The molecule has 10 heteroatoms. The van der Waals surface area contributed by atoms with Crippen molar-refractivity contribution in [2.75, 3.05) is 19.9 Å². The van der Waals surface area contributed by atoms with E-state index < -0.39 is 15.4 Å². The highest BCUT2D eigenvalue weighted by molar-refractivity contribution is 7.90. The number of aromatic nitrogens is 2. The van der Waals surface area contributed by atoms with Gasteiger partial charge in [0, 0.05) is 31.5 Å². The number of aromatic amines is 1. The van der Waals surface area contributed by atoms with E-state index in [2.05, 4.69) is 9.97 Å². The molecule has 0 saturated carbocycles. The zero-order chi connectivity index (χ0) is 19.1. The van der Waals surface area contributed by atoms with Gasteiger partial charge in [0.15, 0.2) is 11.5 Å². The highest BCUT2D eigenvalue weighted by atomic mass is 35.5. The van der Waals surface area contributed by atoms with E-state index in [9.17, 15) is 18.3 Å². The third-order valence-corrected chi connectivity index (χ3v) is 5.57. The Bertz CT molecular complexity index is 1020. The number of methoxy groups -OCH3 is 1. The average molecular weight is 400 g/mol. The second kappa shape index (κ2) is 6.90. The molecular formula is C16H18ClN3O5S. The molecule has 1 aromatic heterocycles. The van der Waals surface area contributed by atoms with E-state index >= 15 is 0 Å². The lowest BCUT2D eigenvalue weighted by molar-refractivity contribution is 0.239. The normalized spacial score (nSPS) is 14.9. The van der Waals surface area contributed by atoms with Crippen LogP contribution < -0.4 is 10.3 Å². The molecule has 3 rings (SSSR count). The number of H-pyrrole nitrogens is 1. The van der Waals surface area contributed by atoms with Crippen LogP contribution in [0.15, 0.2) is 22.1 Å². The Kier molecular flexibility index (Phi) is 4.96. The van der Waals surface area contributed by atoms with Crippen LogP contribution in [0, 0.1) is 0 Å². The van der Waals surface area contributed by atoms with Crippen molar-refractivity contribution >= 4 is 21.4 Å². The number of sulfone groups is 1. The summed E-state index contributed by atoms with van der Waals surface area (Å²) >= 11 is 6.20. The maximum Gasteiger partial charge on any atom is 0.255 e. The lowest BCUT2D eigenvalue weighted by atomic mass is 10.1. The van der Waals surface area contributed by atoms with E-state index in [-0.39, 0.29) is 21.7 Å². The lowest BCUT2D eigenvalue weighted by Crippen LogP contribution is -2.35. The number of ether oxygens (including phenoxy) is 1. The number of nitrogens with zero attached hydrogens (tertiary/aromatic N) is 2. The van der Waals surface area contributed by atoms with Crippen LogP contribution in [-0.2, 0) is 29.3 Å². The molecule has 0 fully saturated rings. The Morgan fingerprint density at radius 2 is 2.15 bits per heavy atom. The molecule has 0 bridgehead atoms. The molecule has 0 spiro atoms. The van der Waals surface area contributed by atoms with Gasteiger partial charge in [0.1, 0.15) is 0 Å². The minimum Gasteiger partial charge on any atom is -0.503 e. The van der Waals surface area contributed by atoms with Crippen LogP contribution in [-0.4, -0.2) is 48.3 Å². The zero-order valence-electron chi connectivity index (χ0n) is 14.2. The predicted octanol–water partition coefficient (Wildman–Crippen LogP) is 1.10. The summed E-state index contributed by atoms with van der Waals surface area (Å²) in [6.07, 6.45) is 1.44. The standard InChI is InChI=1S/C16H18ClN3O5S/c1-25-12-4-3-9(13(17)14(12)21)7-20-6-5-10-11(8-20)18-16(19-15(10)22)26(2,23)24/h3-4,21H,5-8H2,1-2H3,(H,18,19,22). The zero-order valence-corrected chi connectivity index (χ0v) is 15.8. The van der Waals surface area contributed by atoms with Crippen molar-refractivity contribution in [2.24, 2.45) is 0 Å². The van der Waals surface area contributed by atoms with Crippen molar-refractivity contribution in [2.45, 2.75) is 24.7 Å². The van der Waals surface area contributed by atoms with E-state index in [1.165, 1.54) is 7.11 Å². The number of benzene rings is 1. The van der Waals surface area contributed by atoms with E-state index in [0.717, 1.165) is 6.26 Å². The predicted molar refractivity (Wildman–Crippen MR) is 95.5 cm³/mol. The van der Waals surface area contributed by atoms with Crippen molar-refractivity contribution < 1.29 is 18.3 Å². The largest absolute Gasteiger partial charge is 0.503 e. The van der Waals surface area contributed by atoms with Gasteiger partial charge < -0.3 is 9.84 Å². The fraction of sp³-hybridized carbons (Fsp3) is 0.375. The highest BCUT2D eigenvalue weighted by Crippen LogP contribution is 2.37. The molecule has 2 heterocycles. The molecule has 0 amide bonds. The molecule has 1 aliphatic rings. The first-order valence-corrected chi connectivity index (χ1v) is 10.1. The van der Waals surface area contributed by atoms with E-state index in [0.29, 0.717) is 42.9 Å². The van der Waals surface area contributed by atoms with E-state index in [4.69, 9.17) is 16.3 Å². The highest BCUT2D eigenvalue weighted by Gasteiger charge is 2.24. The molecule has 140 valence electrons. The topological polar surface area (TPSA) is 113 Å². The van der Waals surface area contributed by atoms with Crippen LogP contribution in [0.25, 0.3) is 0 Å². The molecule has 2 aromatic rings. The first-order valence-electron chi connectivity index (χ1n) is 7.79. The van der Waals surface area contributed by atoms with Gasteiger partial charge in [0.25, 0.3) is 5.56 Å². The van der Waals surface area contributed by atoms with Crippen LogP contribution in [0.2, 0.25) is 5.02 Å². The summed E-state index contributed by atoms with van der Waals surface area (Å²) in [5.41, 5.74) is 1.21. The molecule has 2 N–H and O–H groups in total. The molecule has 8 nitrogen and oxygen atoms in total. The van der Waals surface area contributed by atoms with Gasteiger partial charge in [-0.25, -0.2) is 13.4 Å². The molecule has 0 unspecified atom stereocenters. The van der Waals surface area contributed by atoms with Crippen LogP contribution in [0.1, 0.15) is 16.8 Å². The number of hydrogen-bond donors (Lipinski definition) is 2. The summed E-state index contributed by atoms with van der Waals surface area (Å²) in [6, 6.07) is 3.38. The third-order valence-electron chi connectivity index (χ3n) is 4.26. The minimum absolute atomic E-state index is 0.127. The number of rotatable bonds is 4. The number of hydrogen-bond acceptors (Lipinski definition) is 7. The Labute approximate surface area is 155 Å². The van der Waals surface area contributed by atoms with Crippen molar-refractivity contribution in [3.8, 4) is 11.5 Å². The van der Waals surface area contributed by atoms with Gasteiger partial charge in [0.05, 0.1) is 17.8 Å². The number of fused-ring (bicyclic) bond motifs is 1. The number of phenols is 1. The Morgan fingerprint density at radius 1 is 1.42 bits per heavy atom. The Balaban J connectivity index is 1.88. The van der Waals surface area contributed by atoms with Crippen molar-refractivity contribution in [1.82, 2.24) is 14.9 Å². The van der Waals surface area contributed by atoms with Gasteiger partial charge in [-0.05, 0) is 18.1 Å². The first kappa shape index (κ1) is 18.7. The van der Waals surface area contributed by atoms with Crippen LogP contribution >= 0.6 is 11.6 Å². The Hall–Kier alpha value is -2.10. The summed E-state index contributed by atoms with van der Waals surface area (Å²) in [5.74, 6) is 0.159. The molecule has 0 radical (unpaired) electrons. The third kappa shape index (κ3) is 3.55. The SMILES string of the molecule is COc1ccc(CN2CCc3c(nc(S(C)(=O)=O)[nH]c3=O)C2)c(Cl)c1O. The number of phenolic OH excluding ortho intramolecular Hbond substituents is 1. The first-order chi connectivity index (χ1) is 12.2. The minimum atomic E-state index is -3.61. The van der Waals surface area contributed by atoms with Crippen LogP contribution in [0.3, 0.4) is 0 Å². The molecule has 0 atom stereocenters.